The van der Waals surface area contributed by atoms with E-state index >= 15 is 0 Å². The average molecular weight is 309 g/mol. The summed E-state index contributed by atoms with van der Waals surface area (Å²) in [5.74, 6) is 0.366. The van der Waals surface area contributed by atoms with Crippen molar-refractivity contribution in [3.8, 4) is 0 Å². The first-order chi connectivity index (χ1) is 8.47. The van der Waals surface area contributed by atoms with Gasteiger partial charge in [-0.15, -0.1) is 0 Å². The zero-order valence-electron chi connectivity index (χ0n) is 10.4. The van der Waals surface area contributed by atoms with E-state index in [1.54, 1.807) is 31.0 Å². The number of carbonyl (C=O) groups excluding carboxylic acids is 1. The second kappa shape index (κ2) is 4.89. The van der Waals surface area contributed by atoms with Crippen LogP contribution in [0.3, 0.4) is 0 Å². The lowest BCUT2D eigenvalue weighted by molar-refractivity contribution is 0.102. The molecule has 2 heterocycles. The summed E-state index contributed by atoms with van der Waals surface area (Å²) < 4.78 is 2.50. The summed E-state index contributed by atoms with van der Waals surface area (Å²) in [5.41, 5.74) is 2.16. The standard InChI is InChI=1S/C12H13BrN4O/c1-7-4-9(13)5-14-11(7)15-12(18)10-6-17(3)16-8(10)2/h4-6H,1-3H3,(H,14,15,18). The largest absolute Gasteiger partial charge is 0.306 e. The molecule has 1 amide bonds. The minimum Gasteiger partial charge on any atom is -0.306 e. The van der Waals surface area contributed by atoms with Gasteiger partial charge in [-0.05, 0) is 41.4 Å². The normalized spacial score (nSPS) is 10.4. The lowest BCUT2D eigenvalue weighted by atomic mass is 10.2. The molecule has 0 atom stereocenters. The third-order valence-electron chi connectivity index (χ3n) is 2.53. The predicted molar refractivity (Wildman–Crippen MR) is 72.6 cm³/mol. The summed E-state index contributed by atoms with van der Waals surface area (Å²) in [6.07, 6.45) is 3.34. The van der Waals surface area contributed by atoms with Crippen molar-refractivity contribution in [2.45, 2.75) is 13.8 Å². The summed E-state index contributed by atoms with van der Waals surface area (Å²) in [6, 6.07) is 1.90. The van der Waals surface area contributed by atoms with Gasteiger partial charge in [0, 0.05) is 23.9 Å². The summed E-state index contributed by atoms with van der Waals surface area (Å²) in [6.45, 7) is 3.69. The Hall–Kier alpha value is -1.69. The Kier molecular flexibility index (Phi) is 3.47. The zero-order chi connectivity index (χ0) is 13.3. The van der Waals surface area contributed by atoms with Crippen molar-refractivity contribution < 1.29 is 4.79 Å². The summed E-state index contributed by atoms with van der Waals surface area (Å²) in [7, 11) is 1.78. The quantitative estimate of drug-likeness (QED) is 0.927. The summed E-state index contributed by atoms with van der Waals surface area (Å²) in [5, 5.41) is 6.92. The minimum absolute atomic E-state index is 0.196. The smallest absolute Gasteiger partial charge is 0.260 e. The van der Waals surface area contributed by atoms with E-state index in [4.69, 9.17) is 0 Å². The number of anilines is 1. The summed E-state index contributed by atoms with van der Waals surface area (Å²) >= 11 is 3.33. The first-order valence-electron chi connectivity index (χ1n) is 5.41. The van der Waals surface area contributed by atoms with Crippen molar-refractivity contribution in [3.05, 3.63) is 39.8 Å². The molecule has 94 valence electrons. The highest BCUT2D eigenvalue weighted by atomic mass is 79.9. The molecule has 0 aliphatic carbocycles. The van der Waals surface area contributed by atoms with Crippen LogP contribution in [0, 0.1) is 13.8 Å². The lowest BCUT2D eigenvalue weighted by Gasteiger charge is -2.06. The number of aryl methyl sites for hydroxylation is 3. The van der Waals surface area contributed by atoms with Crippen LogP contribution in [0.1, 0.15) is 21.6 Å². The van der Waals surface area contributed by atoms with Gasteiger partial charge in [-0.1, -0.05) is 0 Å². The SMILES string of the molecule is Cc1cc(Br)cnc1NC(=O)c1cn(C)nc1C. The molecule has 1 N–H and O–H groups in total. The van der Waals surface area contributed by atoms with Crippen molar-refractivity contribution in [2.24, 2.45) is 7.05 Å². The van der Waals surface area contributed by atoms with Gasteiger partial charge in [0.05, 0.1) is 11.3 Å². The van der Waals surface area contributed by atoms with Crippen LogP contribution in [0.5, 0.6) is 0 Å². The topological polar surface area (TPSA) is 59.8 Å². The van der Waals surface area contributed by atoms with E-state index in [-0.39, 0.29) is 5.91 Å². The predicted octanol–water partition coefficient (Wildman–Crippen LogP) is 2.45. The number of rotatable bonds is 2. The van der Waals surface area contributed by atoms with Crippen LogP contribution in [0.2, 0.25) is 0 Å². The molecule has 5 nitrogen and oxygen atoms in total. The molecule has 0 spiro atoms. The van der Waals surface area contributed by atoms with Crippen molar-refractivity contribution in [1.82, 2.24) is 14.8 Å². The van der Waals surface area contributed by atoms with Gasteiger partial charge >= 0.3 is 0 Å². The highest BCUT2D eigenvalue weighted by Gasteiger charge is 2.14. The van der Waals surface area contributed by atoms with Crippen molar-refractivity contribution in [1.29, 1.82) is 0 Å². The van der Waals surface area contributed by atoms with Crippen LogP contribution >= 0.6 is 15.9 Å². The van der Waals surface area contributed by atoms with Crippen LogP contribution in [-0.4, -0.2) is 20.7 Å². The Labute approximate surface area is 113 Å². The van der Waals surface area contributed by atoms with Crippen LogP contribution in [0.15, 0.2) is 22.9 Å². The minimum atomic E-state index is -0.196. The maximum absolute atomic E-state index is 12.1. The van der Waals surface area contributed by atoms with E-state index in [0.29, 0.717) is 17.1 Å². The maximum Gasteiger partial charge on any atom is 0.260 e. The van der Waals surface area contributed by atoms with E-state index in [1.807, 2.05) is 13.0 Å². The fourth-order valence-corrected chi connectivity index (χ4v) is 2.11. The third kappa shape index (κ3) is 2.59. The Bertz CT molecular complexity index is 606. The van der Waals surface area contributed by atoms with Crippen LogP contribution in [0.25, 0.3) is 0 Å². The molecule has 0 aliphatic heterocycles. The van der Waals surface area contributed by atoms with Gasteiger partial charge in [-0.2, -0.15) is 5.10 Å². The van der Waals surface area contributed by atoms with E-state index in [1.165, 1.54) is 0 Å². The number of nitrogens with zero attached hydrogens (tertiary/aromatic N) is 3. The highest BCUT2D eigenvalue weighted by molar-refractivity contribution is 9.10. The summed E-state index contributed by atoms with van der Waals surface area (Å²) in [4.78, 5) is 16.2. The molecular formula is C12H13BrN4O. The molecule has 0 aliphatic rings. The Balaban J connectivity index is 2.24. The van der Waals surface area contributed by atoms with Crippen LogP contribution in [0.4, 0.5) is 5.82 Å². The first-order valence-corrected chi connectivity index (χ1v) is 6.20. The van der Waals surface area contributed by atoms with Gasteiger partial charge < -0.3 is 5.32 Å². The Morgan fingerprint density at radius 3 is 2.72 bits per heavy atom. The second-order valence-corrected chi connectivity index (χ2v) is 4.99. The number of pyridine rings is 1. The van der Waals surface area contributed by atoms with E-state index in [2.05, 4.69) is 31.3 Å². The van der Waals surface area contributed by atoms with E-state index < -0.39 is 0 Å². The molecule has 0 fully saturated rings. The molecule has 18 heavy (non-hydrogen) atoms. The van der Waals surface area contributed by atoms with Gasteiger partial charge in [0.1, 0.15) is 5.82 Å². The van der Waals surface area contributed by atoms with E-state index in [9.17, 15) is 4.79 Å². The maximum atomic E-state index is 12.1. The number of hydrogen-bond donors (Lipinski definition) is 1. The molecule has 0 bridgehead atoms. The fraction of sp³-hybridized carbons (Fsp3) is 0.250. The number of hydrogen-bond acceptors (Lipinski definition) is 3. The monoisotopic (exact) mass is 308 g/mol. The third-order valence-corrected chi connectivity index (χ3v) is 2.97. The number of carbonyl (C=O) groups is 1. The number of halogens is 1. The second-order valence-electron chi connectivity index (χ2n) is 4.08. The van der Waals surface area contributed by atoms with Crippen LogP contribution < -0.4 is 5.32 Å². The Morgan fingerprint density at radius 2 is 2.17 bits per heavy atom. The Morgan fingerprint density at radius 1 is 1.44 bits per heavy atom. The molecule has 2 aromatic rings. The van der Waals surface area contributed by atoms with E-state index in [0.717, 1.165) is 10.0 Å². The number of aromatic nitrogens is 3. The molecular weight excluding hydrogens is 296 g/mol. The molecule has 0 radical (unpaired) electrons. The van der Waals surface area contributed by atoms with Gasteiger partial charge in [0.2, 0.25) is 0 Å². The molecule has 2 rings (SSSR count). The molecule has 0 saturated heterocycles. The fourth-order valence-electron chi connectivity index (χ4n) is 1.67. The number of amides is 1. The van der Waals surface area contributed by atoms with Crippen molar-refractivity contribution in [3.63, 3.8) is 0 Å². The van der Waals surface area contributed by atoms with Crippen molar-refractivity contribution >= 4 is 27.7 Å². The van der Waals surface area contributed by atoms with Gasteiger partial charge in [0.25, 0.3) is 5.91 Å². The average Bonchev–Trinajstić information content (AvgIpc) is 2.62. The molecule has 0 aromatic carbocycles. The van der Waals surface area contributed by atoms with Gasteiger partial charge in [-0.25, -0.2) is 4.98 Å². The molecule has 6 heteroatoms. The van der Waals surface area contributed by atoms with Gasteiger partial charge in [0.15, 0.2) is 0 Å². The zero-order valence-corrected chi connectivity index (χ0v) is 11.9. The lowest BCUT2D eigenvalue weighted by Crippen LogP contribution is -2.14. The molecule has 0 unspecified atom stereocenters. The first kappa shape index (κ1) is 12.8. The highest BCUT2D eigenvalue weighted by Crippen LogP contribution is 2.17. The number of nitrogens with one attached hydrogen (secondary N) is 1. The van der Waals surface area contributed by atoms with Gasteiger partial charge in [-0.3, -0.25) is 9.48 Å². The van der Waals surface area contributed by atoms with Crippen molar-refractivity contribution in [2.75, 3.05) is 5.32 Å². The molecule has 2 aromatic heterocycles. The van der Waals surface area contributed by atoms with Crippen LogP contribution in [-0.2, 0) is 7.05 Å². The molecule has 0 saturated carbocycles.